The van der Waals surface area contributed by atoms with E-state index in [4.69, 9.17) is 0 Å². The number of aryl methyl sites for hydroxylation is 1. The molecule has 1 N–H and O–H groups in total. The van der Waals surface area contributed by atoms with Crippen LogP contribution in [-0.4, -0.2) is 35.8 Å². The molecular formula is C21H23N3O3. The molecule has 2 aromatic carbocycles. The van der Waals surface area contributed by atoms with Crippen molar-refractivity contribution in [1.29, 1.82) is 0 Å². The monoisotopic (exact) mass is 365 g/mol. The Morgan fingerprint density at radius 1 is 1.07 bits per heavy atom. The molecule has 27 heavy (non-hydrogen) atoms. The zero-order valence-corrected chi connectivity index (χ0v) is 15.7. The smallest absolute Gasteiger partial charge is 0.324 e. The third-order valence-corrected chi connectivity index (χ3v) is 4.62. The largest absolute Gasteiger partial charge is 0.332 e. The molecule has 4 amide bonds. The highest BCUT2D eigenvalue weighted by molar-refractivity contribution is 6.14. The van der Waals surface area contributed by atoms with Crippen molar-refractivity contribution in [2.45, 2.75) is 26.7 Å². The Morgan fingerprint density at radius 3 is 2.44 bits per heavy atom. The summed E-state index contributed by atoms with van der Waals surface area (Å²) in [7, 11) is 0. The number of rotatable bonds is 5. The molecule has 0 radical (unpaired) electrons. The first kappa shape index (κ1) is 18.6. The number of hydrogen-bond donors (Lipinski definition) is 1. The fourth-order valence-corrected chi connectivity index (χ4v) is 3.17. The van der Waals surface area contributed by atoms with Crippen LogP contribution in [0.2, 0.25) is 0 Å². The van der Waals surface area contributed by atoms with Gasteiger partial charge in [0.25, 0.3) is 5.91 Å². The van der Waals surface area contributed by atoms with Crippen LogP contribution < -0.4 is 10.2 Å². The standard InChI is InChI=1S/C21H23N3O3/c1-14(2)17-11-7-8-15(3)20(17)22-18(25)12-24-19(26)13-23(21(24)27)16-9-5-4-6-10-16/h4-11,14H,12-13H2,1-3H3,(H,22,25). The molecule has 6 nitrogen and oxygen atoms in total. The van der Waals surface area contributed by atoms with Gasteiger partial charge in [0.1, 0.15) is 13.1 Å². The van der Waals surface area contributed by atoms with E-state index >= 15 is 0 Å². The van der Waals surface area contributed by atoms with Gasteiger partial charge in [0.2, 0.25) is 5.91 Å². The van der Waals surface area contributed by atoms with E-state index in [9.17, 15) is 14.4 Å². The van der Waals surface area contributed by atoms with Crippen LogP contribution in [0.15, 0.2) is 48.5 Å². The molecule has 0 unspecified atom stereocenters. The summed E-state index contributed by atoms with van der Waals surface area (Å²) in [6.07, 6.45) is 0. The minimum Gasteiger partial charge on any atom is -0.324 e. The maximum atomic E-state index is 12.6. The predicted molar refractivity (Wildman–Crippen MR) is 105 cm³/mol. The molecule has 1 heterocycles. The first-order chi connectivity index (χ1) is 12.9. The number of anilines is 2. The van der Waals surface area contributed by atoms with Gasteiger partial charge in [-0.1, -0.05) is 50.2 Å². The average Bonchev–Trinajstić information content (AvgIpc) is 2.92. The second-order valence-corrected chi connectivity index (χ2v) is 6.93. The molecule has 1 aliphatic rings. The summed E-state index contributed by atoms with van der Waals surface area (Å²) in [5, 5.41) is 2.88. The summed E-state index contributed by atoms with van der Waals surface area (Å²) in [4.78, 5) is 39.8. The lowest BCUT2D eigenvalue weighted by Gasteiger charge is -2.19. The lowest BCUT2D eigenvalue weighted by Crippen LogP contribution is -2.39. The zero-order chi connectivity index (χ0) is 19.6. The van der Waals surface area contributed by atoms with Crippen LogP contribution >= 0.6 is 0 Å². The van der Waals surface area contributed by atoms with E-state index in [1.165, 1.54) is 4.90 Å². The normalized spacial score (nSPS) is 14.2. The van der Waals surface area contributed by atoms with Gasteiger partial charge in [-0.3, -0.25) is 19.4 Å². The third kappa shape index (κ3) is 3.84. The van der Waals surface area contributed by atoms with Gasteiger partial charge in [0.05, 0.1) is 0 Å². The van der Waals surface area contributed by atoms with Crippen LogP contribution in [0.1, 0.15) is 30.9 Å². The number of urea groups is 1. The summed E-state index contributed by atoms with van der Waals surface area (Å²) in [5.41, 5.74) is 3.35. The summed E-state index contributed by atoms with van der Waals surface area (Å²) >= 11 is 0. The molecule has 6 heteroatoms. The molecule has 0 bridgehead atoms. The van der Waals surface area contributed by atoms with Crippen molar-refractivity contribution in [2.75, 3.05) is 23.3 Å². The van der Waals surface area contributed by atoms with Crippen LogP contribution in [0.5, 0.6) is 0 Å². The summed E-state index contributed by atoms with van der Waals surface area (Å²) in [6.45, 7) is 5.67. The zero-order valence-electron chi connectivity index (χ0n) is 15.7. The van der Waals surface area contributed by atoms with Crippen molar-refractivity contribution >= 4 is 29.2 Å². The summed E-state index contributed by atoms with van der Waals surface area (Å²) in [5.74, 6) is -0.528. The molecule has 0 aliphatic carbocycles. The van der Waals surface area contributed by atoms with Gasteiger partial charge in [0, 0.05) is 11.4 Å². The average molecular weight is 365 g/mol. The number of hydrogen-bond acceptors (Lipinski definition) is 3. The summed E-state index contributed by atoms with van der Waals surface area (Å²) < 4.78 is 0. The van der Waals surface area contributed by atoms with E-state index in [-0.39, 0.29) is 30.8 Å². The molecule has 0 saturated carbocycles. The molecule has 0 aromatic heterocycles. The number of amides is 4. The number of imide groups is 1. The van der Waals surface area contributed by atoms with Gasteiger partial charge in [0.15, 0.2) is 0 Å². The first-order valence-corrected chi connectivity index (χ1v) is 8.94. The van der Waals surface area contributed by atoms with Gasteiger partial charge in [-0.25, -0.2) is 4.79 Å². The molecular weight excluding hydrogens is 342 g/mol. The van der Waals surface area contributed by atoms with Crippen LogP contribution in [-0.2, 0) is 9.59 Å². The van der Waals surface area contributed by atoms with Crippen LogP contribution in [0.25, 0.3) is 0 Å². The van der Waals surface area contributed by atoms with Crippen LogP contribution in [0, 0.1) is 6.92 Å². The molecule has 3 rings (SSSR count). The van der Waals surface area contributed by atoms with Gasteiger partial charge >= 0.3 is 6.03 Å². The fourth-order valence-electron chi connectivity index (χ4n) is 3.17. The highest BCUT2D eigenvalue weighted by Crippen LogP contribution is 2.27. The molecule has 2 aromatic rings. The number of carbonyl (C=O) groups is 3. The van der Waals surface area contributed by atoms with Crippen molar-refractivity contribution in [3.63, 3.8) is 0 Å². The molecule has 0 atom stereocenters. The predicted octanol–water partition coefficient (Wildman–Crippen LogP) is 3.53. The van der Waals surface area contributed by atoms with Gasteiger partial charge in [-0.15, -0.1) is 0 Å². The molecule has 140 valence electrons. The van der Waals surface area contributed by atoms with E-state index in [1.54, 1.807) is 24.3 Å². The Bertz CT molecular complexity index is 877. The fraction of sp³-hybridized carbons (Fsp3) is 0.286. The lowest BCUT2D eigenvalue weighted by atomic mass is 9.98. The number of benzene rings is 2. The van der Waals surface area contributed by atoms with Crippen LogP contribution in [0.4, 0.5) is 16.2 Å². The quantitative estimate of drug-likeness (QED) is 0.824. The molecule has 1 fully saturated rings. The number of para-hydroxylation sites is 2. The first-order valence-electron chi connectivity index (χ1n) is 8.94. The molecule has 1 saturated heterocycles. The Hall–Kier alpha value is -3.15. The van der Waals surface area contributed by atoms with Crippen molar-refractivity contribution in [3.05, 3.63) is 59.7 Å². The Morgan fingerprint density at radius 2 is 1.78 bits per heavy atom. The topological polar surface area (TPSA) is 69.7 Å². The highest BCUT2D eigenvalue weighted by atomic mass is 16.2. The second kappa shape index (κ2) is 7.61. The van der Waals surface area contributed by atoms with E-state index in [0.29, 0.717) is 5.69 Å². The number of nitrogens with one attached hydrogen (secondary N) is 1. The van der Waals surface area contributed by atoms with E-state index in [2.05, 4.69) is 19.2 Å². The number of carbonyl (C=O) groups excluding carboxylic acids is 3. The van der Waals surface area contributed by atoms with Gasteiger partial charge in [-0.05, 0) is 36.1 Å². The lowest BCUT2D eigenvalue weighted by molar-refractivity contribution is -0.128. The third-order valence-electron chi connectivity index (χ3n) is 4.62. The van der Waals surface area contributed by atoms with E-state index < -0.39 is 6.03 Å². The summed E-state index contributed by atoms with van der Waals surface area (Å²) in [6, 6.07) is 14.3. The van der Waals surface area contributed by atoms with Crippen molar-refractivity contribution in [1.82, 2.24) is 4.90 Å². The van der Waals surface area contributed by atoms with Crippen molar-refractivity contribution in [3.8, 4) is 0 Å². The Kier molecular flexibility index (Phi) is 5.26. The SMILES string of the molecule is Cc1cccc(C(C)C)c1NC(=O)CN1C(=O)CN(c2ccccc2)C1=O. The van der Waals surface area contributed by atoms with Crippen molar-refractivity contribution < 1.29 is 14.4 Å². The molecule has 1 aliphatic heterocycles. The second-order valence-electron chi connectivity index (χ2n) is 6.93. The minimum atomic E-state index is -0.477. The van der Waals surface area contributed by atoms with Gasteiger partial charge in [-0.2, -0.15) is 0 Å². The number of nitrogens with zero attached hydrogens (tertiary/aromatic N) is 2. The van der Waals surface area contributed by atoms with Gasteiger partial charge < -0.3 is 5.32 Å². The van der Waals surface area contributed by atoms with Crippen molar-refractivity contribution in [2.24, 2.45) is 0 Å². The maximum absolute atomic E-state index is 12.6. The van der Waals surface area contributed by atoms with Crippen LogP contribution in [0.3, 0.4) is 0 Å². The van der Waals surface area contributed by atoms with E-state index in [0.717, 1.165) is 21.7 Å². The minimum absolute atomic E-state index is 0.0578. The Balaban J connectivity index is 1.74. The maximum Gasteiger partial charge on any atom is 0.332 e. The highest BCUT2D eigenvalue weighted by Gasteiger charge is 2.38. The van der Waals surface area contributed by atoms with E-state index in [1.807, 2.05) is 31.2 Å². The Labute approximate surface area is 158 Å². The molecule has 0 spiro atoms.